The van der Waals surface area contributed by atoms with Gasteiger partial charge in [0, 0.05) is 30.9 Å². The third kappa shape index (κ3) is 6.19. The van der Waals surface area contributed by atoms with E-state index in [0.29, 0.717) is 6.54 Å². The molecule has 31 heavy (non-hydrogen) atoms. The van der Waals surface area contributed by atoms with Crippen LogP contribution in [0.2, 0.25) is 0 Å². The number of carbonyl (C=O) groups excluding carboxylic acids is 1. The van der Waals surface area contributed by atoms with Gasteiger partial charge in [-0.3, -0.25) is 4.79 Å². The van der Waals surface area contributed by atoms with Crippen LogP contribution < -0.4 is 15.0 Å². The molecule has 2 N–H and O–H groups in total. The Labute approximate surface area is 184 Å². The fourth-order valence-electron chi connectivity index (χ4n) is 4.14. The van der Waals surface area contributed by atoms with E-state index < -0.39 is 0 Å². The fourth-order valence-corrected chi connectivity index (χ4v) is 4.14. The number of hydrogen-bond donors (Lipinski definition) is 2. The lowest BCUT2D eigenvalue weighted by Crippen LogP contribution is -3.11. The molecule has 1 heterocycles. The van der Waals surface area contributed by atoms with Gasteiger partial charge in [0.1, 0.15) is 18.0 Å². The third-order valence-electron chi connectivity index (χ3n) is 5.98. The first-order chi connectivity index (χ1) is 15.2. The van der Waals surface area contributed by atoms with Crippen molar-refractivity contribution in [1.29, 1.82) is 0 Å². The first-order valence-electron chi connectivity index (χ1n) is 11.1. The minimum absolute atomic E-state index is 0.127. The molecule has 1 amide bonds. The van der Waals surface area contributed by atoms with E-state index in [1.54, 1.807) is 0 Å². The summed E-state index contributed by atoms with van der Waals surface area (Å²) in [5, 5.41) is 3.12. The number of nitrogens with one attached hydrogen (secondary N) is 2. The second-order valence-electron chi connectivity index (χ2n) is 8.47. The van der Waals surface area contributed by atoms with E-state index in [1.165, 1.54) is 16.0 Å². The van der Waals surface area contributed by atoms with Crippen molar-refractivity contribution in [1.82, 2.24) is 5.32 Å². The third-order valence-corrected chi connectivity index (χ3v) is 5.98. The number of amides is 1. The van der Waals surface area contributed by atoms with Crippen LogP contribution >= 0.6 is 0 Å². The summed E-state index contributed by atoms with van der Waals surface area (Å²) in [4.78, 5) is 14.1. The molecular weight excluding hydrogens is 384 g/mol. The van der Waals surface area contributed by atoms with E-state index in [0.717, 1.165) is 49.5 Å². The van der Waals surface area contributed by atoms with Gasteiger partial charge in [-0.2, -0.15) is 0 Å². The van der Waals surface area contributed by atoms with Gasteiger partial charge in [-0.05, 0) is 36.8 Å². The summed E-state index contributed by atoms with van der Waals surface area (Å²) in [6.45, 7) is 5.69. The van der Waals surface area contributed by atoms with Crippen molar-refractivity contribution in [3.05, 3.63) is 95.6 Å². The first kappa shape index (κ1) is 21.1. The molecule has 0 spiro atoms. The minimum Gasteiger partial charge on any atom is -0.457 e. The Kier molecular flexibility index (Phi) is 7.00. The van der Waals surface area contributed by atoms with Gasteiger partial charge in [-0.15, -0.1) is 0 Å². The summed E-state index contributed by atoms with van der Waals surface area (Å²) in [5.74, 6) is 2.04. The van der Waals surface area contributed by atoms with Crippen LogP contribution in [0.1, 0.15) is 29.5 Å². The molecular formula is C27H31N2O2+. The Morgan fingerprint density at radius 1 is 0.903 bits per heavy atom. The molecule has 4 rings (SSSR count). The van der Waals surface area contributed by atoms with Crippen molar-refractivity contribution in [2.24, 2.45) is 5.92 Å². The predicted molar refractivity (Wildman–Crippen MR) is 123 cm³/mol. The Bertz CT molecular complexity index is 978. The number of quaternary nitrogens is 1. The number of para-hydroxylation sites is 1. The van der Waals surface area contributed by atoms with Crippen LogP contribution in [0.15, 0.2) is 78.9 Å². The van der Waals surface area contributed by atoms with Crippen LogP contribution in [0.4, 0.5) is 0 Å². The van der Waals surface area contributed by atoms with E-state index in [9.17, 15) is 4.79 Å². The average molecular weight is 416 g/mol. The lowest BCUT2D eigenvalue weighted by Gasteiger charge is -2.28. The van der Waals surface area contributed by atoms with Crippen LogP contribution in [0.3, 0.4) is 0 Å². The highest BCUT2D eigenvalue weighted by molar-refractivity contribution is 5.78. The summed E-state index contributed by atoms with van der Waals surface area (Å²) >= 11 is 0. The molecule has 0 aromatic heterocycles. The van der Waals surface area contributed by atoms with E-state index >= 15 is 0 Å². The van der Waals surface area contributed by atoms with Crippen LogP contribution in [-0.2, 0) is 17.9 Å². The van der Waals surface area contributed by atoms with E-state index in [4.69, 9.17) is 4.74 Å². The molecule has 1 aliphatic heterocycles. The average Bonchev–Trinajstić information content (AvgIpc) is 2.80. The molecule has 4 heteroatoms. The van der Waals surface area contributed by atoms with Crippen molar-refractivity contribution in [3.63, 3.8) is 0 Å². The summed E-state index contributed by atoms with van der Waals surface area (Å²) in [5.41, 5.74) is 3.66. The van der Waals surface area contributed by atoms with E-state index in [-0.39, 0.29) is 11.8 Å². The predicted octanol–water partition coefficient (Wildman–Crippen LogP) is 3.90. The van der Waals surface area contributed by atoms with Gasteiger partial charge >= 0.3 is 0 Å². The van der Waals surface area contributed by atoms with Crippen LogP contribution in [-0.4, -0.2) is 19.0 Å². The van der Waals surface area contributed by atoms with E-state index in [2.05, 4.69) is 54.7 Å². The van der Waals surface area contributed by atoms with Gasteiger partial charge in [-0.25, -0.2) is 0 Å². The molecule has 1 aliphatic rings. The molecule has 4 nitrogen and oxygen atoms in total. The van der Waals surface area contributed by atoms with Crippen molar-refractivity contribution in [2.75, 3.05) is 13.1 Å². The maximum absolute atomic E-state index is 12.6. The lowest BCUT2D eigenvalue weighted by atomic mass is 9.95. The highest BCUT2D eigenvalue weighted by Gasteiger charge is 2.27. The molecule has 0 unspecified atom stereocenters. The lowest BCUT2D eigenvalue weighted by molar-refractivity contribution is -0.919. The number of rotatable bonds is 7. The fraction of sp³-hybridized carbons (Fsp3) is 0.296. The van der Waals surface area contributed by atoms with Crippen LogP contribution in [0, 0.1) is 12.8 Å². The van der Waals surface area contributed by atoms with E-state index in [1.807, 2.05) is 36.4 Å². The normalized spacial score (nSPS) is 18.4. The molecule has 3 aromatic carbocycles. The number of aryl methyl sites for hydroxylation is 1. The van der Waals surface area contributed by atoms with Crippen molar-refractivity contribution < 1.29 is 14.4 Å². The number of carbonyl (C=O) groups is 1. The monoisotopic (exact) mass is 415 g/mol. The van der Waals surface area contributed by atoms with Crippen molar-refractivity contribution >= 4 is 5.91 Å². The maximum atomic E-state index is 12.6. The van der Waals surface area contributed by atoms with Gasteiger partial charge in [-0.1, -0.05) is 60.2 Å². The summed E-state index contributed by atoms with van der Waals surface area (Å²) in [6.07, 6.45) is 1.88. The zero-order valence-corrected chi connectivity index (χ0v) is 18.1. The number of likely N-dealkylation sites (tertiary alicyclic amines) is 1. The topological polar surface area (TPSA) is 42.8 Å². The quantitative estimate of drug-likeness (QED) is 0.615. The molecule has 0 atom stereocenters. The molecule has 0 aliphatic carbocycles. The summed E-state index contributed by atoms with van der Waals surface area (Å²) in [7, 11) is 0. The zero-order valence-electron chi connectivity index (χ0n) is 18.1. The van der Waals surface area contributed by atoms with Crippen LogP contribution in [0.25, 0.3) is 0 Å². The zero-order chi connectivity index (χ0) is 21.5. The Morgan fingerprint density at radius 2 is 1.61 bits per heavy atom. The largest absolute Gasteiger partial charge is 0.457 e. The number of piperidine rings is 1. The second-order valence-corrected chi connectivity index (χ2v) is 8.47. The van der Waals surface area contributed by atoms with Gasteiger partial charge < -0.3 is 15.0 Å². The molecule has 1 saturated heterocycles. The number of ether oxygens (including phenoxy) is 1. The molecule has 3 aromatic rings. The first-order valence-corrected chi connectivity index (χ1v) is 11.1. The smallest absolute Gasteiger partial charge is 0.223 e. The van der Waals surface area contributed by atoms with Crippen LogP contribution in [0.5, 0.6) is 11.5 Å². The maximum Gasteiger partial charge on any atom is 0.223 e. The van der Waals surface area contributed by atoms with Gasteiger partial charge in [0.15, 0.2) is 0 Å². The summed E-state index contributed by atoms with van der Waals surface area (Å²) < 4.78 is 5.96. The summed E-state index contributed by atoms with van der Waals surface area (Å²) in [6, 6.07) is 26.5. The van der Waals surface area contributed by atoms with Gasteiger partial charge in [0.25, 0.3) is 0 Å². The molecule has 0 radical (unpaired) electrons. The highest BCUT2D eigenvalue weighted by Crippen LogP contribution is 2.21. The van der Waals surface area contributed by atoms with Gasteiger partial charge in [0.05, 0.1) is 13.1 Å². The Hall–Kier alpha value is -3.11. The Morgan fingerprint density at radius 3 is 2.35 bits per heavy atom. The number of benzene rings is 3. The van der Waals surface area contributed by atoms with Crippen molar-refractivity contribution in [3.8, 4) is 11.5 Å². The minimum atomic E-state index is 0.127. The molecule has 160 valence electrons. The van der Waals surface area contributed by atoms with Gasteiger partial charge in [0.2, 0.25) is 5.91 Å². The highest BCUT2D eigenvalue weighted by atomic mass is 16.5. The Balaban J connectivity index is 1.24. The number of hydrogen-bond acceptors (Lipinski definition) is 2. The van der Waals surface area contributed by atoms with Crippen molar-refractivity contribution in [2.45, 2.75) is 32.9 Å². The molecule has 1 fully saturated rings. The second kappa shape index (κ2) is 10.3. The standard InChI is InChI=1S/C27H30N2O2/c1-21-10-12-22(13-11-21)19-28-27(30)24-14-16-29(17-15-24)20-23-6-5-9-26(18-23)31-25-7-3-2-4-8-25/h2-13,18,24H,14-17,19-20H2,1H3,(H,28,30)/p+1. The molecule has 0 bridgehead atoms. The SMILES string of the molecule is Cc1ccc(CNC(=O)C2CC[NH+](Cc3cccc(Oc4ccccc4)c3)CC2)cc1. The molecule has 0 saturated carbocycles.